The second-order valence-electron chi connectivity index (χ2n) is 4.74. The van der Waals surface area contributed by atoms with Crippen molar-refractivity contribution in [3.8, 4) is 11.3 Å². The smallest absolute Gasteiger partial charge is 0.330 e. The number of non-ortho nitro benzene ring substituents is 1. The zero-order valence-corrected chi connectivity index (χ0v) is 12.9. The van der Waals surface area contributed by atoms with Crippen molar-refractivity contribution in [2.75, 3.05) is 6.61 Å². The molecule has 0 N–H and O–H groups in total. The van der Waals surface area contributed by atoms with Crippen molar-refractivity contribution in [2.24, 2.45) is 0 Å². The first kappa shape index (κ1) is 16.5. The molecule has 0 aliphatic carbocycles. The lowest BCUT2D eigenvalue weighted by molar-refractivity contribution is -0.384. The van der Waals surface area contributed by atoms with Gasteiger partial charge < -0.3 is 9.15 Å². The standard InChI is InChI=1S/C17H17NO5/c1-3-12-11-13(18(20)21)5-8-15(12)16-9-6-14(23-16)7-10-17(19)22-4-2/h5-11H,3-4H2,1-2H3/b10-7+. The topological polar surface area (TPSA) is 82.6 Å². The van der Waals surface area contributed by atoms with E-state index in [0.29, 0.717) is 24.5 Å². The molecule has 23 heavy (non-hydrogen) atoms. The van der Waals surface area contributed by atoms with Gasteiger partial charge in [-0.05, 0) is 43.2 Å². The second kappa shape index (κ2) is 7.40. The lowest BCUT2D eigenvalue weighted by atomic mass is 10.0. The highest BCUT2D eigenvalue weighted by molar-refractivity contribution is 5.86. The van der Waals surface area contributed by atoms with Gasteiger partial charge in [0.2, 0.25) is 0 Å². The quantitative estimate of drug-likeness (QED) is 0.348. The van der Waals surface area contributed by atoms with Crippen LogP contribution in [0, 0.1) is 10.1 Å². The second-order valence-corrected chi connectivity index (χ2v) is 4.74. The monoisotopic (exact) mass is 315 g/mol. The Morgan fingerprint density at radius 3 is 2.74 bits per heavy atom. The van der Waals surface area contributed by atoms with Crippen LogP contribution in [0.1, 0.15) is 25.2 Å². The molecule has 0 bridgehead atoms. The van der Waals surface area contributed by atoms with Crippen molar-refractivity contribution >= 4 is 17.7 Å². The number of hydrogen-bond acceptors (Lipinski definition) is 5. The normalized spacial score (nSPS) is 10.9. The number of nitrogens with zero attached hydrogens (tertiary/aromatic N) is 1. The van der Waals surface area contributed by atoms with Gasteiger partial charge in [-0.2, -0.15) is 0 Å². The van der Waals surface area contributed by atoms with E-state index in [9.17, 15) is 14.9 Å². The van der Waals surface area contributed by atoms with Crippen LogP contribution < -0.4 is 0 Å². The van der Waals surface area contributed by atoms with Crippen LogP contribution in [0.25, 0.3) is 17.4 Å². The summed E-state index contributed by atoms with van der Waals surface area (Å²) in [5, 5.41) is 10.9. The fourth-order valence-corrected chi connectivity index (χ4v) is 2.15. The summed E-state index contributed by atoms with van der Waals surface area (Å²) < 4.78 is 10.5. The molecule has 120 valence electrons. The number of benzene rings is 1. The third kappa shape index (κ3) is 4.06. The van der Waals surface area contributed by atoms with E-state index in [1.54, 1.807) is 31.2 Å². The first-order valence-electron chi connectivity index (χ1n) is 7.27. The minimum absolute atomic E-state index is 0.0552. The molecule has 6 nitrogen and oxygen atoms in total. The number of rotatable bonds is 6. The molecule has 0 spiro atoms. The number of furan rings is 1. The van der Waals surface area contributed by atoms with Crippen molar-refractivity contribution in [1.82, 2.24) is 0 Å². The van der Waals surface area contributed by atoms with Gasteiger partial charge >= 0.3 is 5.97 Å². The third-order valence-corrected chi connectivity index (χ3v) is 3.24. The van der Waals surface area contributed by atoms with Crippen molar-refractivity contribution in [2.45, 2.75) is 20.3 Å². The van der Waals surface area contributed by atoms with Crippen molar-refractivity contribution in [3.05, 3.63) is 57.8 Å². The van der Waals surface area contributed by atoms with Gasteiger partial charge in [-0.15, -0.1) is 0 Å². The summed E-state index contributed by atoms with van der Waals surface area (Å²) in [5.41, 5.74) is 1.68. The van der Waals surface area contributed by atoms with E-state index < -0.39 is 10.9 Å². The maximum atomic E-state index is 11.3. The summed E-state index contributed by atoms with van der Waals surface area (Å²) in [4.78, 5) is 21.7. The lowest BCUT2D eigenvalue weighted by Gasteiger charge is -2.04. The van der Waals surface area contributed by atoms with Crippen molar-refractivity contribution in [3.63, 3.8) is 0 Å². The molecule has 1 aromatic heterocycles. The highest BCUT2D eigenvalue weighted by Crippen LogP contribution is 2.29. The third-order valence-electron chi connectivity index (χ3n) is 3.24. The average Bonchev–Trinajstić information content (AvgIpc) is 3.01. The summed E-state index contributed by atoms with van der Waals surface area (Å²) in [5.74, 6) is 0.670. The molecule has 0 fully saturated rings. The highest BCUT2D eigenvalue weighted by atomic mass is 16.6. The summed E-state index contributed by atoms with van der Waals surface area (Å²) >= 11 is 0. The van der Waals surface area contributed by atoms with Gasteiger partial charge in [0.05, 0.1) is 11.5 Å². The van der Waals surface area contributed by atoms with Crippen LogP contribution in [0.3, 0.4) is 0 Å². The Labute approximate surface area is 133 Å². The molecule has 0 saturated carbocycles. The average molecular weight is 315 g/mol. The van der Waals surface area contributed by atoms with Crippen LogP contribution in [-0.4, -0.2) is 17.5 Å². The number of aryl methyl sites for hydroxylation is 1. The van der Waals surface area contributed by atoms with Gasteiger partial charge in [-0.3, -0.25) is 10.1 Å². The number of nitro benzene ring substituents is 1. The van der Waals surface area contributed by atoms with Gasteiger partial charge in [-0.25, -0.2) is 4.79 Å². The molecule has 0 aliphatic rings. The van der Waals surface area contributed by atoms with Gasteiger partial charge in [-0.1, -0.05) is 6.92 Å². The zero-order chi connectivity index (χ0) is 16.8. The fraction of sp³-hybridized carbons (Fsp3) is 0.235. The summed E-state index contributed by atoms with van der Waals surface area (Å²) in [7, 11) is 0. The summed E-state index contributed by atoms with van der Waals surface area (Å²) in [6.07, 6.45) is 3.47. The summed E-state index contributed by atoms with van der Waals surface area (Å²) in [6.45, 7) is 3.97. The molecule has 0 radical (unpaired) electrons. The Morgan fingerprint density at radius 1 is 1.30 bits per heavy atom. The van der Waals surface area contributed by atoms with Crippen LogP contribution in [0.5, 0.6) is 0 Å². The van der Waals surface area contributed by atoms with E-state index in [0.717, 1.165) is 11.1 Å². The minimum atomic E-state index is -0.435. The molecular weight excluding hydrogens is 298 g/mol. The lowest BCUT2D eigenvalue weighted by Crippen LogP contribution is -1.98. The Morgan fingerprint density at radius 2 is 2.09 bits per heavy atom. The number of esters is 1. The van der Waals surface area contributed by atoms with E-state index in [4.69, 9.17) is 9.15 Å². The van der Waals surface area contributed by atoms with Gasteiger partial charge in [0.15, 0.2) is 0 Å². The Hall–Kier alpha value is -2.89. The predicted molar refractivity (Wildman–Crippen MR) is 85.8 cm³/mol. The Kier molecular flexibility index (Phi) is 5.30. The SMILES string of the molecule is CCOC(=O)/C=C/c1ccc(-c2ccc([N+](=O)[O-])cc2CC)o1. The number of nitro groups is 1. The van der Waals surface area contributed by atoms with Gasteiger partial charge in [0.25, 0.3) is 5.69 Å². The maximum absolute atomic E-state index is 11.3. The van der Waals surface area contributed by atoms with Crippen LogP contribution in [0.15, 0.2) is 40.8 Å². The fourth-order valence-electron chi connectivity index (χ4n) is 2.15. The molecule has 1 heterocycles. The molecule has 2 aromatic rings. The molecule has 6 heteroatoms. The first-order valence-corrected chi connectivity index (χ1v) is 7.27. The van der Waals surface area contributed by atoms with Gasteiger partial charge in [0.1, 0.15) is 11.5 Å². The summed E-state index contributed by atoms with van der Waals surface area (Å²) in [6, 6.07) is 8.17. The van der Waals surface area contributed by atoms with Crippen molar-refractivity contribution in [1.29, 1.82) is 0 Å². The number of carbonyl (C=O) groups excluding carboxylic acids is 1. The maximum Gasteiger partial charge on any atom is 0.330 e. The molecular formula is C17H17NO5. The van der Waals surface area contributed by atoms with E-state index >= 15 is 0 Å². The largest absolute Gasteiger partial charge is 0.463 e. The number of ether oxygens (including phenoxy) is 1. The molecule has 0 unspecified atom stereocenters. The van der Waals surface area contributed by atoms with Crippen molar-refractivity contribution < 1.29 is 18.9 Å². The Balaban J connectivity index is 2.26. The predicted octanol–water partition coefficient (Wildman–Crippen LogP) is 3.99. The minimum Gasteiger partial charge on any atom is -0.463 e. The molecule has 0 atom stereocenters. The molecule has 0 aliphatic heterocycles. The van der Waals surface area contributed by atoms with Crippen LogP contribution in [-0.2, 0) is 16.0 Å². The zero-order valence-electron chi connectivity index (χ0n) is 12.9. The van der Waals surface area contributed by atoms with Crippen LogP contribution >= 0.6 is 0 Å². The molecule has 0 amide bonds. The first-order chi connectivity index (χ1) is 11.0. The van der Waals surface area contributed by atoms with Gasteiger partial charge in [0, 0.05) is 23.8 Å². The number of carbonyl (C=O) groups is 1. The van der Waals surface area contributed by atoms with E-state index in [2.05, 4.69) is 0 Å². The molecule has 0 saturated heterocycles. The van der Waals surface area contributed by atoms with E-state index in [1.165, 1.54) is 18.2 Å². The van der Waals surface area contributed by atoms with E-state index in [1.807, 2.05) is 6.92 Å². The number of hydrogen-bond donors (Lipinski definition) is 0. The Bertz CT molecular complexity index is 745. The van der Waals surface area contributed by atoms with Crippen LogP contribution in [0.4, 0.5) is 5.69 Å². The molecule has 1 aromatic carbocycles. The van der Waals surface area contributed by atoms with E-state index in [-0.39, 0.29) is 5.69 Å². The molecule has 2 rings (SSSR count). The van der Waals surface area contributed by atoms with Crippen LogP contribution in [0.2, 0.25) is 0 Å². The highest BCUT2D eigenvalue weighted by Gasteiger charge is 2.13.